The fourth-order valence-electron chi connectivity index (χ4n) is 1.72. The molecule has 0 radical (unpaired) electrons. The van der Waals surface area contributed by atoms with Crippen LogP contribution in [0.2, 0.25) is 0 Å². The topological polar surface area (TPSA) is 55.4 Å². The average Bonchev–Trinajstić information content (AvgIpc) is 2.49. The van der Waals surface area contributed by atoms with Crippen LogP contribution in [0.3, 0.4) is 0 Å². The predicted molar refractivity (Wildman–Crippen MR) is 88.8 cm³/mol. The number of methoxy groups -OCH3 is 1. The number of aryl methyl sites for hydroxylation is 1. The molecule has 0 aliphatic rings. The molecule has 1 N–H and O–H groups in total. The van der Waals surface area contributed by atoms with Gasteiger partial charge in [0.05, 0.1) is 12.9 Å². The highest BCUT2D eigenvalue weighted by atomic mass is 32.2. The van der Waals surface area contributed by atoms with Gasteiger partial charge in [-0.05, 0) is 37.0 Å². The number of thioether (sulfide) groups is 2. The van der Waals surface area contributed by atoms with Crippen molar-refractivity contribution in [3.05, 3.63) is 29.8 Å². The Bertz CT molecular complexity index is 480. The standard InChI is InChI=1S/C15H21NO3S2/c1-11-6-4-5-7-13(11)21-10-14(17)16-12(8-9-20-3)15(18)19-2/h4-7,12H,8-10H2,1-3H3,(H,16,17)/t12-/m0/s1. The van der Waals surface area contributed by atoms with E-state index < -0.39 is 12.0 Å². The number of rotatable bonds is 8. The van der Waals surface area contributed by atoms with Crippen molar-refractivity contribution >= 4 is 35.4 Å². The highest BCUT2D eigenvalue weighted by molar-refractivity contribution is 8.00. The Hall–Kier alpha value is -1.14. The molecule has 0 aliphatic heterocycles. The van der Waals surface area contributed by atoms with Crippen LogP contribution in [0.5, 0.6) is 0 Å². The molecule has 21 heavy (non-hydrogen) atoms. The van der Waals surface area contributed by atoms with E-state index in [-0.39, 0.29) is 11.7 Å². The van der Waals surface area contributed by atoms with Crippen molar-refractivity contribution in [2.45, 2.75) is 24.3 Å². The minimum absolute atomic E-state index is 0.153. The van der Waals surface area contributed by atoms with E-state index in [1.54, 1.807) is 11.8 Å². The first kappa shape index (κ1) is 17.9. The summed E-state index contributed by atoms with van der Waals surface area (Å²) in [5.74, 6) is 0.542. The molecule has 4 nitrogen and oxygen atoms in total. The Morgan fingerprint density at radius 1 is 1.33 bits per heavy atom. The molecule has 0 aromatic heterocycles. The van der Waals surface area contributed by atoms with E-state index in [1.807, 2.05) is 37.4 Å². The number of benzene rings is 1. The third-order valence-electron chi connectivity index (χ3n) is 2.88. The van der Waals surface area contributed by atoms with Crippen molar-refractivity contribution in [1.29, 1.82) is 0 Å². The van der Waals surface area contributed by atoms with Gasteiger partial charge in [0.1, 0.15) is 6.04 Å². The molecule has 0 spiro atoms. The van der Waals surface area contributed by atoms with Crippen LogP contribution in [0, 0.1) is 6.92 Å². The second-order valence-corrected chi connectivity index (χ2v) is 6.48. The zero-order valence-corrected chi connectivity index (χ0v) is 14.2. The number of ether oxygens (including phenoxy) is 1. The van der Waals surface area contributed by atoms with Gasteiger partial charge in [-0.1, -0.05) is 18.2 Å². The van der Waals surface area contributed by atoms with E-state index in [0.29, 0.717) is 6.42 Å². The lowest BCUT2D eigenvalue weighted by Crippen LogP contribution is -2.42. The molecule has 0 heterocycles. The summed E-state index contributed by atoms with van der Waals surface area (Å²) in [6.07, 6.45) is 2.54. The summed E-state index contributed by atoms with van der Waals surface area (Å²) in [6, 6.07) is 7.35. The van der Waals surface area contributed by atoms with Gasteiger partial charge >= 0.3 is 5.97 Å². The van der Waals surface area contributed by atoms with E-state index >= 15 is 0 Å². The van der Waals surface area contributed by atoms with Crippen LogP contribution in [0.1, 0.15) is 12.0 Å². The van der Waals surface area contributed by atoms with E-state index in [9.17, 15) is 9.59 Å². The number of carbonyl (C=O) groups excluding carboxylic acids is 2. The highest BCUT2D eigenvalue weighted by Gasteiger charge is 2.20. The summed E-state index contributed by atoms with van der Waals surface area (Å²) in [6.45, 7) is 2.01. The van der Waals surface area contributed by atoms with Crippen molar-refractivity contribution in [1.82, 2.24) is 5.32 Å². The molecule has 1 atom stereocenters. The van der Waals surface area contributed by atoms with Gasteiger partial charge in [0, 0.05) is 4.90 Å². The summed E-state index contributed by atoms with van der Waals surface area (Å²) >= 11 is 3.10. The van der Waals surface area contributed by atoms with Gasteiger partial charge in [-0.25, -0.2) is 4.79 Å². The van der Waals surface area contributed by atoms with Gasteiger partial charge in [-0.2, -0.15) is 11.8 Å². The van der Waals surface area contributed by atoms with Gasteiger partial charge in [0.2, 0.25) is 5.91 Å². The Labute approximate surface area is 134 Å². The van der Waals surface area contributed by atoms with Gasteiger partial charge < -0.3 is 10.1 Å². The van der Waals surface area contributed by atoms with Gasteiger partial charge in [0.25, 0.3) is 0 Å². The second-order valence-electron chi connectivity index (χ2n) is 4.48. The molecule has 0 bridgehead atoms. The Kier molecular flexibility index (Phi) is 8.30. The van der Waals surface area contributed by atoms with Crippen molar-refractivity contribution < 1.29 is 14.3 Å². The molecule has 0 aliphatic carbocycles. The number of hydrogen-bond donors (Lipinski definition) is 1. The lowest BCUT2D eigenvalue weighted by Gasteiger charge is -2.16. The molecule has 116 valence electrons. The first-order chi connectivity index (χ1) is 10.1. The normalized spacial score (nSPS) is 11.8. The summed E-state index contributed by atoms with van der Waals surface area (Å²) < 4.78 is 4.72. The molecule has 1 rings (SSSR count). The van der Waals surface area contributed by atoms with Gasteiger partial charge in [-0.15, -0.1) is 11.8 Å². The number of nitrogens with one attached hydrogen (secondary N) is 1. The summed E-state index contributed by atoms with van der Waals surface area (Å²) in [7, 11) is 1.34. The molecule has 1 amide bonds. The Balaban J connectivity index is 2.50. The molecule has 1 aromatic carbocycles. The number of esters is 1. The lowest BCUT2D eigenvalue weighted by atomic mass is 10.2. The maximum atomic E-state index is 12.0. The molecule has 0 unspecified atom stereocenters. The van der Waals surface area contributed by atoms with E-state index in [0.717, 1.165) is 16.2 Å². The summed E-state index contributed by atoms with van der Waals surface area (Å²) in [5, 5.41) is 2.74. The van der Waals surface area contributed by atoms with Crippen molar-refractivity contribution in [2.24, 2.45) is 0 Å². The second kappa shape index (κ2) is 9.73. The zero-order valence-electron chi connectivity index (χ0n) is 12.5. The van der Waals surface area contributed by atoms with Crippen LogP contribution in [0.15, 0.2) is 29.2 Å². The Morgan fingerprint density at radius 2 is 2.05 bits per heavy atom. The molecule has 0 fully saturated rings. The highest BCUT2D eigenvalue weighted by Crippen LogP contribution is 2.21. The molecule has 6 heteroatoms. The fourth-order valence-corrected chi connectivity index (χ4v) is 3.04. The van der Waals surface area contributed by atoms with Crippen molar-refractivity contribution in [3.8, 4) is 0 Å². The van der Waals surface area contributed by atoms with Crippen LogP contribution >= 0.6 is 23.5 Å². The van der Waals surface area contributed by atoms with E-state index in [1.165, 1.54) is 18.9 Å². The zero-order chi connectivity index (χ0) is 15.7. The minimum Gasteiger partial charge on any atom is -0.467 e. The lowest BCUT2D eigenvalue weighted by molar-refractivity contribution is -0.144. The van der Waals surface area contributed by atoms with Crippen LogP contribution in [0.25, 0.3) is 0 Å². The summed E-state index contributed by atoms with van der Waals surface area (Å²) in [5.41, 5.74) is 1.14. The van der Waals surface area contributed by atoms with Crippen LogP contribution in [-0.2, 0) is 14.3 Å². The first-order valence-corrected chi connectivity index (χ1v) is 9.01. The molecule has 1 aromatic rings. The SMILES string of the molecule is COC(=O)[C@H](CCSC)NC(=O)CSc1ccccc1C. The summed E-state index contributed by atoms with van der Waals surface area (Å²) in [4.78, 5) is 24.7. The van der Waals surface area contributed by atoms with E-state index in [4.69, 9.17) is 4.74 Å². The maximum absolute atomic E-state index is 12.0. The first-order valence-electron chi connectivity index (χ1n) is 6.63. The van der Waals surface area contributed by atoms with E-state index in [2.05, 4.69) is 5.32 Å². The largest absolute Gasteiger partial charge is 0.467 e. The van der Waals surface area contributed by atoms with Gasteiger partial charge in [0.15, 0.2) is 0 Å². The molecule has 0 saturated heterocycles. The number of carbonyl (C=O) groups is 2. The van der Waals surface area contributed by atoms with Crippen LogP contribution in [0.4, 0.5) is 0 Å². The fraction of sp³-hybridized carbons (Fsp3) is 0.467. The molecule has 0 saturated carbocycles. The number of hydrogen-bond acceptors (Lipinski definition) is 5. The average molecular weight is 327 g/mol. The van der Waals surface area contributed by atoms with Gasteiger partial charge in [-0.3, -0.25) is 4.79 Å². The third-order valence-corrected chi connectivity index (χ3v) is 4.70. The smallest absolute Gasteiger partial charge is 0.328 e. The molecular formula is C15H21NO3S2. The predicted octanol–water partition coefficient (Wildman–Crippen LogP) is 2.50. The quantitative estimate of drug-likeness (QED) is 0.587. The van der Waals surface area contributed by atoms with Crippen LogP contribution < -0.4 is 5.32 Å². The number of amides is 1. The third kappa shape index (κ3) is 6.44. The minimum atomic E-state index is -0.563. The Morgan fingerprint density at radius 3 is 2.67 bits per heavy atom. The van der Waals surface area contributed by atoms with Crippen molar-refractivity contribution in [2.75, 3.05) is 24.9 Å². The molecular weight excluding hydrogens is 306 g/mol. The maximum Gasteiger partial charge on any atom is 0.328 e. The van der Waals surface area contributed by atoms with Crippen molar-refractivity contribution in [3.63, 3.8) is 0 Å². The van der Waals surface area contributed by atoms with Crippen LogP contribution in [-0.4, -0.2) is 42.8 Å². The monoisotopic (exact) mass is 327 g/mol.